The van der Waals surface area contributed by atoms with Crippen molar-refractivity contribution in [2.24, 2.45) is 5.73 Å². The number of aliphatic hydroxyl groups excluding tert-OH is 2. The van der Waals surface area contributed by atoms with Crippen LogP contribution >= 0.6 is 0 Å². The summed E-state index contributed by atoms with van der Waals surface area (Å²) in [5, 5.41) is 39.2. The van der Waals surface area contributed by atoms with E-state index in [1.807, 2.05) is 10.6 Å². The highest BCUT2D eigenvalue weighted by atomic mass is 16.4. The Balaban J connectivity index is 4.70. The van der Waals surface area contributed by atoms with Crippen molar-refractivity contribution in [3.8, 4) is 0 Å². The van der Waals surface area contributed by atoms with Crippen molar-refractivity contribution in [2.75, 3.05) is 13.2 Å². The molecular formula is C11H19N3O8. The molecule has 0 radical (unpaired) electrons. The molecule has 0 heterocycles. The zero-order chi connectivity index (χ0) is 17.3. The van der Waals surface area contributed by atoms with Gasteiger partial charge in [-0.25, -0.2) is 4.79 Å². The minimum absolute atomic E-state index is 0.362. The van der Waals surface area contributed by atoms with Gasteiger partial charge >= 0.3 is 11.9 Å². The predicted octanol–water partition coefficient (Wildman–Crippen LogP) is -3.78. The van der Waals surface area contributed by atoms with Crippen LogP contribution in [0, 0.1) is 0 Å². The third-order valence-corrected chi connectivity index (χ3v) is 2.61. The number of aliphatic hydroxyl groups is 2. The van der Waals surface area contributed by atoms with Crippen LogP contribution in [0.3, 0.4) is 0 Å². The summed E-state index contributed by atoms with van der Waals surface area (Å²) in [6, 6.07) is -4.26. The Morgan fingerprint density at radius 3 is 1.86 bits per heavy atom. The number of carbonyl (C=O) groups is 4. The van der Waals surface area contributed by atoms with E-state index in [2.05, 4.69) is 0 Å². The number of nitrogens with two attached hydrogens (primary N) is 1. The van der Waals surface area contributed by atoms with Crippen molar-refractivity contribution < 1.29 is 39.6 Å². The van der Waals surface area contributed by atoms with E-state index in [0.29, 0.717) is 0 Å². The van der Waals surface area contributed by atoms with Gasteiger partial charge in [0.1, 0.15) is 18.1 Å². The number of carboxylic acids is 2. The Bertz CT molecular complexity index is 428. The van der Waals surface area contributed by atoms with Gasteiger partial charge in [0.05, 0.1) is 13.2 Å². The largest absolute Gasteiger partial charge is 0.481 e. The van der Waals surface area contributed by atoms with Crippen LogP contribution in [0.25, 0.3) is 0 Å². The van der Waals surface area contributed by atoms with Crippen molar-refractivity contribution in [1.29, 1.82) is 0 Å². The SMILES string of the molecule is N[C@H](CO)C(=O)N[C@@H](CO)C(=O)N[C@@H](CCC(=O)O)C(=O)O. The van der Waals surface area contributed by atoms with Crippen LogP contribution in [0.1, 0.15) is 12.8 Å². The number of hydrogen-bond acceptors (Lipinski definition) is 7. The van der Waals surface area contributed by atoms with Gasteiger partial charge in [-0.1, -0.05) is 0 Å². The zero-order valence-electron chi connectivity index (χ0n) is 11.6. The zero-order valence-corrected chi connectivity index (χ0v) is 11.6. The number of carbonyl (C=O) groups excluding carboxylic acids is 2. The van der Waals surface area contributed by atoms with E-state index in [1.54, 1.807) is 0 Å². The summed E-state index contributed by atoms with van der Waals surface area (Å²) in [5.74, 6) is -4.61. The van der Waals surface area contributed by atoms with Gasteiger partial charge in [-0.2, -0.15) is 0 Å². The molecule has 0 aromatic carbocycles. The van der Waals surface area contributed by atoms with E-state index < -0.39 is 61.5 Å². The van der Waals surface area contributed by atoms with E-state index >= 15 is 0 Å². The second-order valence-electron chi connectivity index (χ2n) is 4.36. The molecule has 2 amide bonds. The molecule has 126 valence electrons. The number of nitrogens with one attached hydrogen (secondary N) is 2. The molecule has 0 bridgehead atoms. The highest BCUT2D eigenvalue weighted by molar-refractivity contribution is 5.91. The maximum atomic E-state index is 11.8. The highest BCUT2D eigenvalue weighted by Crippen LogP contribution is 1.99. The summed E-state index contributed by atoms with van der Waals surface area (Å²) in [4.78, 5) is 44.5. The average Bonchev–Trinajstić information content (AvgIpc) is 2.46. The van der Waals surface area contributed by atoms with Gasteiger partial charge in [0.25, 0.3) is 0 Å². The van der Waals surface area contributed by atoms with Gasteiger partial charge in [0.15, 0.2) is 0 Å². The van der Waals surface area contributed by atoms with Crippen LogP contribution in [-0.2, 0) is 19.2 Å². The summed E-state index contributed by atoms with van der Waals surface area (Å²) in [6.07, 6.45) is -0.846. The molecule has 11 heteroatoms. The lowest BCUT2D eigenvalue weighted by molar-refractivity contribution is -0.143. The maximum Gasteiger partial charge on any atom is 0.326 e. The smallest absolute Gasteiger partial charge is 0.326 e. The number of rotatable bonds is 10. The van der Waals surface area contributed by atoms with Gasteiger partial charge < -0.3 is 36.8 Å². The first-order valence-corrected chi connectivity index (χ1v) is 6.25. The highest BCUT2D eigenvalue weighted by Gasteiger charge is 2.27. The number of aliphatic carboxylic acids is 2. The fourth-order valence-corrected chi connectivity index (χ4v) is 1.35. The van der Waals surface area contributed by atoms with Crippen LogP contribution in [0.15, 0.2) is 0 Å². The molecule has 0 aliphatic carbocycles. The minimum atomic E-state index is -1.49. The van der Waals surface area contributed by atoms with Crippen molar-refractivity contribution in [3.05, 3.63) is 0 Å². The number of carboxylic acid groups (broad SMARTS) is 2. The lowest BCUT2D eigenvalue weighted by Gasteiger charge is -2.20. The lowest BCUT2D eigenvalue weighted by Crippen LogP contribution is -2.56. The average molecular weight is 321 g/mol. The Morgan fingerprint density at radius 2 is 1.45 bits per heavy atom. The van der Waals surface area contributed by atoms with Crippen LogP contribution in [0.4, 0.5) is 0 Å². The first-order valence-electron chi connectivity index (χ1n) is 6.25. The Morgan fingerprint density at radius 1 is 0.909 bits per heavy atom. The molecule has 0 spiro atoms. The molecule has 0 fully saturated rings. The molecule has 0 aromatic heterocycles. The summed E-state index contributed by atoms with van der Waals surface area (Å²) in [6.45, 7) is -1.51. The standard InChI is InChI=1S/C11H19N3O8/c12-5(3-15)9(19)14-7(4-16)10(20)13-6(11(21)22)1-2-8(17)18/h5-7,15-16H,1-4,12H2,(H,13,20)(H,14,19)(H,17,18)(H,21,22)/t5-,6+,7+/m1/s1. The maximum absolute atomic E-state index is 11.8. The van der Waals surface area contributed by atoms with Gasteiger partial charge in [0.2, 0.25) is 11.8 Å². The van der Waals surface area contributed by atoms with Crippen molar-refractivity contribution in [2.45, 2.75) is 31.0 Å². The van der Waals surface area contributed by atoms with Crippen molar-refractivity contribution in [1.82, 2.24) is 10.6 Å². The molecule has 0 saturated carbocycles. The monoisotopic (exact) mass is 321 g/mol. The molecule has 0 aliphatic rings. The van der Waals surface area contributed by atoms with Gasteiger partial charge in [-0.15, -0.1) is 0 Å². The van der Waals surface area contributed by atoms with E-state index in [9.17, 15) is 19.2 Å². The van der Waals surface area contributed by atoms with Crippen LogP contribution < -0.4 is 16.4 Å². The van der Waals surface area contributed by atoms with E-state index in [4.69, 9.17) is 26.2 Å². The molecule has 0 saturated heterocycles. The topological polar surface area (TPSA) is 199 Å². The summed E-state index contributed by atoms with van der Waals surface area (Å²) >= 11 is 0. The quantitative estimate of drug-likeness (QED) is 0.211. The first-order chi connectivity index (χ1) is 10.2. The third kappa shape index (κ3) is 6.97. The summed E-state index contributed by atoms with van der Waals surface area (Å²) in [5.41, 5.74) is 5.22. The van der Waals surface area contributed by atoms with Crippen LogP contribution in [0.2, 0.25) is 0 Å². The fraction of sp³-hybridized carbons (Fsp3) is 0.636. The molecule has 0 unspecified atom stereocenters. The van der Waals surface area contributed by atoms with Crippen LogP contribution in [-0.4, -0.2) is 75.5 Å². The Hall–Kier alpha value is -2.24. The van der Waals surface area contributed by atoms with Crippen molar-refractivity contribution in [3.63, 3.8) is 0 Å². The predicted molar refractivity (Wildman–Crippen MR) is 70.5 cm³/mol. The fourth-order valence-electron chi connectivity index (χ4n) is 1.35. The molecule has 11 nitrogen and oxygen atoms in total. The number of amides is 2. The van der Waals surface area contributed by atoms with E-state index in [0.717, 1.165) is 0 Å². The second-order valence-corrected chi connectivity index (χ2v) is 4.36. The van der Waals surface area contributed by atoms with E-state index in [1.165, 1.54) is 0 Å². The molecule has 0 rings (SSSR count). The Labute approximate surface area is 125 Å². The second kappa shape index (κ2) is 9.65. The summed E-state index contributed by atoms with van der Waals surface area (Å²) in [7, 11) is 0. The van der Waals surface area contributed by atoms with Gasteiger partial charge in [0, 0.05) is 6.42 Å². The van der Waals surface area contributed by atoms with Crippen LogP contribution in [0.5, 0.6) is 0 Å². The van der Waals surface area contributed by atoms with Crippen molar-refractivity contribution >= 4 is 23.8 Å². The van der Waals surface area contributed by atoms with E-state index in [-0.39, 0.29) is 6.42 Å². The lowest BCUT2D eigenvalue weighted by atomic mass is 10.1. The third-order valence-electron chi connectivity index (χ3n) is 2.61. The number of hydrogen-bond donors (Lipinski definition) is 7. The van der Waals surface area contributed by atoms with Gasteiger partial charge in [-0.05, 0) is 6.42 Å². The normalized spacial score (nSPS) is 14.5. The minimum Gasteiger partial charge on any atom is -0.481 e. The molecule has 0 aliphatic heterocycles. The molecular weight excluding hydrogens is 302 g/mol. The molecule has 22 heavy (non-hydrogen) atoms. The Kier molecular flexibility index (Phi) is 8.67. The molecule has 8 N–H and O–H groups in total. The first kappa shape index (κ1) is 19.8. The summed E-state index contributed by atoms with van der Waals surface area (Å²) < 4.78 is 0. The molecule has 0 aromatic rings. The van der Waals surface area contributed by atoms with Gasteiger partial charge in [-0.3, -0.25) is 14.4 Å². The molecule has 3 atom stereocenters.